The molecule has 1 unspecified atom stereocenters. The first-order valence-electron chi connectivity index (χ1n) is 8.07. The highest BCUT2D eigenvalue weighted by Gasteiger charge is 2.38. The zero-order valence-corrected chi connectivity index (χ0v) is 14.0. The van der Waals surface area contributed by atoms with Gasteiger partial charge in [-0.2, -0.15) is 0 Å². The molecule has 5 nitrogen and oxygen atoms in total. The average Bonchev–Trinajstić information content (AvgIpc) is 2.50. The van der Waals surface area contributed by atoms with Crippen molar-refractivity contribution in [3.05, 3.63) is 0 Å². The molecule has 0 aliphatic carbocycles. The molecule has 5 heteroatoms. The molecule has 21 heavy (non-hydrogen) atoms. The van der Waals surface area contributed by atoms with Gasteiger partial charge in [-0.1, -0.05) is 52.9 Å². The Morgan fingerprint density at radius 2 is 1.76 bits per heavy atom. The van der Waals surface area contributed by atoms with Crippen LogP contribution >= 0.6 is 0 Å². The normalized spacial score (nSPS) is 16.9. The second-order valence-electron chi connectivity index (χ2n) is 5.21. The van der Waals surface area contributed by atoms with Gasteiger partial charge in [0.15, 0.2) is 6.10 Å². The predicted molar refractivity (Wildman–Crippen MR) is 83.1 cm³/mol. The number of hydrogen-bond donors (Lipinski definition) is 0. The highest BCUT2D eigenvalue weighted by atomic mass is 16.5. The SMILES string of the molecule is CCCCC.CCCCCOC1CN(CC(=O)OC)C1=O. The highest BCUT2D eigenvalue weighted by molar-refractivity contribution is 5.90. The van der Waals surface area contributed by atoms with Crippen molar-refractivity contribution in [2.24, 2.45) is 0 Å². The lowest BCUT2D eigenvalue weighted by Crippen LogP contribution is -2.59. The molecule has 1 fully saturated rings. The van der Waals surface area contributed by atoms with Gasteiger partial charge in [-0.05, 0) is 6.42 Å². The monoisotopic (exact) mass is 301 g/mol. The number of methoxy groups -OCH3 is 1. The lowest BCUT2D eigenvalue weighted by Gasteiger charge is -2.37. The largest absolute Gasteiger partial charge is 0.468 e. The van der Waals surface area contributed by atoms with E-state index >= 15 is 0 Å². The number of likely N-dealkylation sites (tertiary alicyclic amines) is 1. The van der Waals surface area contributed by atoms with E-state index in [2.05, 4.69) is 25.5 Å². The van der Waals surface area contributed by atoms with E-state index in [-0.39, 0.29) is 18.6 Å². The van der Waals surface area contributed by atoms with Crippen molar-refractivity contribution in [2.45, 2.75) is 65.4 Å². The Labute approximate surface area is 129 Å². The predicted octanol–water partition coefficient (Wildman–Crippen LogP) is 2.77. The van der Waals surface area contributed by atoms with Crippen LogP contribution in [0.15, 0.2) is 0 Å². The van der Waals surface area contributed by atoms with Crippen molar-refractivity contribution in [1.82, 2.24) is 4.90 Å². The lowest BCUT2D eigenvalue weighted by atomic mass is 10.1. The summed E-state index contributed by atoms with van der Waals surface area (Å²) in [5.74, 6) is -0.500. The number of carbonyl (C=O) groups is 2. The van der Waals surface area contributed by atoms with E-state index in [0.29, 0.717) is 13.2 Å². The van der Waals surface area contributed by atoms with Gasteiger partial charge in [0, 0.05) is 6.61 Å². The van der Waals surface area contributed by atoms with Crippen LogP contribution in [-0.4, -0.2) is 49.7 Å². The molecule has 1 rings (SSSR count). The number of hydrogen-bond acceptors (Lipinski definition) is 4. The molecular weight excluding hydrogens is 270 g/mol. The summed E-state index contributed by atoms with van der Waals surface area (Å²) in [5.41, 5.74) is 0. The van der Waals surface area contributed by atoms with Crippen molar-refractivity contribution < 1.29 is 19.1 Å². The zero-order valence-electron chi connectivity index (χ0n) is 14.0. The van der Waals surface area contributed by atoms with Crippen LogP contribution in [0.3, 0.4) is 0 Å². The molecule has 1 saturated heterocycles. The average molecular weight is 301 g/mol. The molecule has 1 heterocycles. The fourth-order valence-electron chi connectivity index (χ4n) is 1.88. The Hall–Kier alpha value is -1.10. The molecule has 0 aromatic rings. The molecular formula is C16H31NO4. The molecule has 0 aromatic heterocycles. The summed E-state index contributed by atoms with van der Waals surface area (Å²) < 4.78 is 9.87. The first-order chi connectivity index (χ1) is 10.1. The van der Waals surface area contributed by atoms with Gasteiger partial charge in [-0.25, -0.2) is 0 Å². The molecule has 0 aromatic carbocycles. The fourth-order valence-corrected chi connectivity index (χ4v) is 1.88. The minimum absolute atomic E-state index is 0.0319. The minimum Gasteiger partial charge on any atom is -0.468 e. The number of carbonyl (C=O) groups excluding carboxylic acids is 2. The van der Waals surface area contributed by atoms with E-state index in [9.17, 15) is 9.59 Å². The van der Waals surface area contributed by atoms with Crippen LogP contribution in [0, 0.1) is 0 Å². The Kier molecular flexibility index (Phi) is 12.0. The van der Waals surface area contributed by atoms with E-state index in [0.717, 1.165) is 19.3 Å². The molecule has 1 aliphatic heterocycles. The second kappa shape index (κ2) is 12.6. The third-order valence-electron chi connectivity index (χ3n) is 3.29. The van der Waals surface area contributed by atoms with Crippen LogP contribution in [-0.2, 0) is 19.1 Å². The van der Waals surface area contributed by atoms with Crippen LogP contribution < -0.4 is 0 Å². The van der Waals surface area contributed by atoms with E-state index in [1.807, 2.05) is 0 Å². The standard InChI is InChI=1S/C11H19NO4.C5H12/c1-3-4-5-6-16-9-7-12(11(9)14)8-10(13)15-2;1-3-5-4-2/h9H,3-8H2,1-2H3;3-5H2,1-2H3. The summed E-state index contributed by atoms with van der Waals surface area (Å²) in [4.78, 5) is 23.8. The maximum Gasteiger partial charge on any atom is 0.325 e. The number of β-lactam (4-membered cyclic amide) rings is 1. The summed E-state index contributed by atoms with van der Waals surface area (Å²) in [6.07, 6.45) is 6.97. The number of nitrogens with zero attached hydrogens (tertiary/aromatic N) is 1. The number of ether oxygens (including phenoxy) is 2. The van der Waals surface area contributed by atoms with E-state index < -0.39 is 5.97 Å². The Bertz CT molecular complexity index is 292. The summed E-state index contributed by atoms with van der Waals surface area (Å²) in [5, 5.41) is 0. The zero-order chi connectivity index (χ0) is 16.1. The Morgan fingerprint density at radius 1 is 1.14 bits per heavy atom. The first-order valence-corrected chi connectivity index (χ1v) is 8.07. The summed E-state index contributed by atoms with van der Waals surface area (Å²) in [6.45, 7) is 7.69. The van der Waals surface area contributed by atoms with Crippen molar-refractivity contribution in [3.63, 3.8) is 0 Å². The molecule has 0 spiro atoms. The van der Waals surface area contributed by atoms with Gasteiger partial charge < -0.3 is 14.4 Å². The summed E-state index contributed by atoms with van der Waals surface area (Å²) in [6, 6.07) is 0. The van der Waals surface area contributed by atoms with Crippen LogP contribution in [0.4, 0.5) is 0 Å². The molecule has 1 atom stereocenters. The number of amides is 1. The molecule has 0 radical (unpaired) electrons. The third-order valence-corrected chi connectivity index (χ3v) is 3.29. The van der Waals surface area contributed by atoms with Gasteiger partial charge in [0.2, 0.25) is 0 Å². The van der Waals surface area contributed by atoms with Crippen LogP contribution in [0.25, 0.3) is 0 Å². The Balaban J connectivity index is 0.000000690. The summed E-state index contributed by atoms with van der Waals surface area (Å²) in [7, 11) is 1.31. The van der Waals surface area contributed by atoms with Gasteiger partial charge in [0.05, 0.1) is 13.7 Å². The minimum atomic E-state index is -0.391. The molecule has 1 amide bonds. The van der Waals surface area contributed by atoms with Crippen LogP contribution in [0.2, 0.25) is 0 Å². The Morgan fingerprint density at radius 3 is 2.19 bits per heavy atom. The van der Waals surface area contributed by atoms with Crippen molar-refractivity contribution in [3.8, 4) is 0 Å². The van der Waals surface area contributed by atoms with Gasteiger partial charge in [0.25, 0.3) is 5.91 Å². The molecule has 124 valence electrons. The van der Waals surface area contributed by atoms with E-state index in [1.54, 1.807) is 0 Å². The number of unbranched alkanes of at least 4 members (excludes halogenated alkanes) is 4. The topological polar surface area (TPSA) is 55.8 Å². The number of esters is 1. The lowest BCUT2D eigenvalue weighted by molar-refractivity contribution is -0.167. The second-order valence-corrected chi connectivity index (χ2v) is 5.21. The van der Waals surface area contributed by atoms with Gasteiger partial charge in [0.1, 0.15) is 6.54 Å². The number of rotatable bonds is 9. The maximum atomic E-state index is 11.5. The molecule has 0 N–H and O–H groups in total. The van der Waals surface area contributed by atoms with Gasteiger partial charge in [-0.15, -0.1) is 0 Å². The first kappa shape index (κ1) is 19.9. The van der Waals surface area contributed by atoms with Crippen LogP contribution in [0.5, 0.6) is 0 Å². The quantitative estimate of drug-likeness (QED) is 0.373. The summed E-state index contributed by atoms with van der Waals surface area (Å²) >= 11 is 0. The van der Waals surface area contributed by atoms with Crippen molar-refractivity contribution in [1.29, 1.82) is 0 Å². The third kappa shape index (κ3) is 8.71. The van der Waals surface area contributed by atoms with E-state index in [1.165, 1.54) is 31.3 Å². The van der Waals surface area contributed by atoms with Crippen LogP contribution in [0.1, 0.15) is 59.3 Å². The fraction of sp³-hybridized carbons (Fsp3) is 0.875. The van der Waals surface area contributed by atoms with Gasteiger partial charge in [-0.3, -0.25) is 9.59 Å². The van der Waals surface area contributed by atoms with Crippen molar-refractivity contribution >= 4 is 11.9 Å². The van der Waals surface area contributed by atoms with Gasteiger partial charge >= 0.3 is 5.97 Å². The van der Waals surface area contributed by atoms with E-state index in [4.69, 9.17) is 4.74 Å². The molecule has 1 aliphatic rings. The smallest absolute Gasteiger partial charge is 0.325 e. The molecule has 0 saturated carbocycles. The molecule has 0 bridgehead atoms. The van der Waals surface area contributed by atoms with Crippen molar-refractivity contribution in [2.75, 3.05) is 26.8 Å². The maximum absolute atomic E-state index is 11.5. The highest BCUT2D eigenvalue weighted by Crippen LogP contribution is 2.14.